The number of rotatable bonds is 5. The molecule has 0 amide bonds. The van der Waals surface area contributed by atoms with Crippen LogP contribution in [0.4, 0.5) is 13.2 Å². The van der Waals surface area contributed by atoms with Crippen molar-refractivity contribution < 1.29 is 31.1 Å². The lowest BCUT2D eigenvalue weighted by molar-refractivity contribution is -0.137. The lowest BCUT2D eigenvalue weighted by atomic mass is 10.1. The van der Waals surface area contributed by atoms with Gasteiger partial charge in [0.25, 0.3) is 0 Å². The minimum absolute atomic E-state index is 0.0193. The molecule has 138 valence electrons. The van der Waals surface area contributed by atoms with Gasteiger partial charge in [-0.3, -0.25) is 4.79 Å². The summed E-state index contributed by atoms with van der Waals surface area (Å²) in [5.41, 5.74) is -0.448. The summed E-state index contributed by atoms with van der Waals surface area (Å²) in [7, 11) is -2.25. The summed E-state index contributed by atoms with van der Waals surface area (Å²) in [6, 6.07) is 8.39. The summed E-state index contributed by atoms with van der Waals surface area (Å²) < 4.78 is 66.4. The molecule has 0 bridgehead atoms. The lowest BCUT2D eigenvalue weighted by Gasteiger charge is -2.08. The number of ether oxygens (including phenoxy) is 1. The van der Waals surface area contributed by atoms with Crippen molar-refractivity contribution in [3.63, 3.8) is 0 Å². The number of hydrogen-bond acceptors (Lipinski definition) is 4. The van der Waals surface area contributed by atoms with E-state index in [4.69, 9.17) is 4.74 Å². The Bertz CT molecular complexity index is 961. The molecule has 2 aromatic carbocycles. The predicted molar refractivity (Wildman–Crippen MR) is 90.9 cm³/mol. The van der Waals surface area contributed by atoms with Crippen LogP contribution in [-0.4, -0.2) is 27.6 Å². The molecule has 0 saturated carbocycles. The van der Waals surface area contributed by atoms with E-state index < -0.39 is 27.4 Å². The van der Waals surface area contributed by atoms with Crippen molar-refractivity contribution in [3.05, 3.63) is 65.2 Å². The van der Waals surface area contributed by atoms with Crippen LogP contribution >= 0.6 is 0 Å². The van der Waals surface area contributed by atoms with Crippen LogP contribution in [0.2, 0.25) is 0 Å². The first-order valence-corrected chi connectivity index (χ1v) is 9.19. The molecule has 0 heterocycles. The maximum atomic E-state index is 12.7. The molecule has 0 aromatic heterocycles. The van der Waals surface area contributed by atoms with Crippen molar-refractivity contribution in [1.82, 2.24) is 0 Å². The third-order valence-corrected chi connectivity index (χ3v) is 4.62. The van der Waals surface area contributed by atoms with Crippen molar-refractivity contribution in [3.8, 4) is 5.75 Å². The van der Waals surface area contributed by atoms with E-state index in [9.17, 15) is 26.4 Å². The van der Waals surface area contributed by atoms with Crippen LogP contribution in [0.5, 0.6) is 5.75 Å². The number of alkyl halides is 3. The number of benzene rings is 2. The maximum Gasteiger partial charge on any atom is 0.416 e. The molecule has 0 radical (unpaired) electrons. The Labute approximate surface area is 148 Å². The molecule has 26 heavy (non-hydrogen) atoms. The molecule has 8 heteroatoms. The monoisotopic (exact) mass is 384 g/mol. The zero-order valence-electron chi connectivity index (χ0n) is 13.9. The molecule has 0 saturated heterocycles. The smallest absolute Gasteiger partial charge is 0.416 e. The fraction of sp³-hybridized carbons (Fsp3) is 0.167. The fourth-order valence-electron chi connectivity index (χ4n) is 2.21. The van der Waals surface area contributed by atoms with Gasteiger partial charge in [-0.1, -0.05) is 18.2 Å². The summed E-state index contributed by atoms with van der Waals surface area (Å²) in [6.45, 7) is 0. The molecular formula is C18H15F3O4S. The highest BCUT2D eigenvalue weighted by Gasteiger charge is 2.30. The van der Waals surface area contributed by atoms with E-state index >= 15 is 0 Å². The van der Waals surface area contributed by atoms with Gasteiger partial charge in [0.05, 0.1) is 12.7 Å². The number of sulfone groups is 1. The highest BCUT2D eigenvalue weighted by Crippen LogP contribution is 2.30. The minimum atomic E-state index is -4.47. The fourth-order valence-corrected chi connectivity index (χ4v) is 3.04. The SMILES string of the molecule is COc1cc(C(=O)/C=C/c2cccc(C(F)(F)F)c2)ccc1S(C)(=O)=O. The molecule has 0 fully saturated rings. The summed E-state index contributed by atoms with van der Waals surface area (Å²) >= 11 is 0. The van der Waals surface area contributed by atoms with Crippen LogP contribution in [-0.2, 0) is 16.0 Å². The molecule has 0 unspecified atom stereocenters. The van der Waals surface area contributed by atoms with Crippen LogP contribution in [0.3, 0.4) is 0 Å². The van der Waals surface area contributed by atoms with Gasteiger partial charge >= 0.3 is 6.18 Å². The minimum Gasteiger partial charge on any atom is -0.495 e. The van der Waals surface area contributed by atoms with Crippen molar-refractivity contribution in [1.29, 1.82) is 0 Å². The first-order valence-electron chi connectivity index (χ1n) is 7.30. The van der Waals surface area contributed by atoms with Crippen molar-refractivity contribution >= 4 is 21.7 Å². The lowest BCUT2D eigenvalue weighted by Crippen LogP contribution is -2.04. The normalized spacial score (nSPS) is 12.3. The van der Waals surface area contributed by atoms with Gasteiger partial charge < -0.3 is 4.74 Å². The summed E-state index contributed by atoms with van der Waals surface area (Å²) in [4.78, 5) is 12.2. The molecule has 2 aromatic rings. The van der Waals surface area contributed by atoms with Gasteiger partial charge in [-0.05, 0) is 42.0 Å². The quantitative estimate of drug-likeness (QED) is 0.577. The Morgan fingerprint density at radius 3 is 2.38 bits per heavy atom. The molecule has 0 spiro atoms. The van der Waals surface area contributed by atoms with Crippen molar-refractivity contribution in [2.45, 2.75) is 11.1 Å². The number of hydrogen-bond donors (Lipinski definition) is 0. The second-order valence-electron chi connectivity index (χ2n) is 5.46. The molecule has 0 aliphatic carbocycles. The molecule has 4 nitrogen and oxygen atoms in total. The predicted octanol–water partition coefficient (Wildman–Crippen LogP) is 4.01. The first kappa shape index (κ1) is 19.7. The zero-order valence-corrected chi connectivity index (χ0v) is 14.7. The number of ketones is 1. The first-order chi connectivity index (χ1) is 12.0. The molecule has 0 aliphatic heterocycles. The van der Waals surface area contributed by atoms with Gasteiger partial charge in [0.1, 0.15) is 10.6 Å². The van der Waals surface area contributed by atoms with Gasteiger partial charge in [-0.2, -0.15) is 13.2 Å². The Kier molecular flexibility index (Phi) is 5.56. The number of methoxy groups -OCH3 is 1. The van der Waals surface area contributed by atoms with E-state index in [1.54, 1.807) is 0 Å². The molecule has 0 aliphatic rings. The summed E-state index contributed by atoms with van der Waals surface area (Å²) in [5.74, 6) is -0.480. The average molecular weight is 384 g/mol. The van der Waals surface area contributed by atoms with E-state index in [2.05, 4.69) is 0 Å². The van der Waals surface area contributed by atoms with E-state index in [1.165, 1.54) is 43.5 Å². The number of carbonyl (C=O) groups is 1. The van der Waals surface area contributed by atoms with Crippen LogP contribution in [0.1, 0.15) is 21.5 Å². The van der Waals surface area contributed by atoms with Gasteiger partial charge in [0.15, 0.2) is 15.6 Å². The Morgan fingerprint density at radius 2 is 1.81 bits per heavy atom. The summed E-state index contributed by atoms with van der Waals surface area (Å²) in [5, 5.41) is 0. The van der Waals surface area contributed by atoms with Gasteiger partial charge in [-0.15, -0.1) is 0 Å². The highest BCUT2D eigenvalue weighted by atomic mass is 32.2. The maximum absolute atomic E-state index is 12.7. The number of carbonyl (C=O) groups excluding carboxylic acids is 1. The van der Waals surface area contributed by atoms with Crippen LogP contribution in [0, 0.1) is 0 Å². The Balaban J connectivity index is 2.29. The van der Waals surface area contributed by atoms with Crippen molar-refractivity contribution in [2.75, 3.05) is 13.4 Å². The van der Waals surface area contributed by atoms with E-state index in [0.29, 0.717) is 0 Å². The van der Waals surface area contributed by atoms with Gasteiger partial charge in [0, 0.05) is 11.8 Å². The average Bonchev–Trinajstić information content (AvgIpc) is 2.57. The number of allylic oxidation sites excluding steroid dienone is 1. The Hall–Kier alpha value is -2.61. The third-order valence-electron chi connectivity index (χ3n) is 3.49. The molecule has 0 N–H and O–H groups in total. The van der Waals surface area contributed by atoms with Crippen LogP contribution in [0.15, 0.2) is 53.4 Å². The summed E-state index contributed by atoms with van der Waals surface area (Å²) in [6.07, 6.45) is -1.08. The van der Waals surface area contributed by atoms with Gasteiger partial charge in [0.2, 0.25) is 0 Å². The highest BCUT2D eigenvalue weighted by molar-refractivity contribution is 7.90. The topological polar surface area (TPSA) is 60.4 Å². The van der Waals surface area contributed by atoms with E-state index in [-0.39, 0.29) is 21.8 Å². The van der Waals surface area contributed by atoms with E-state index in [0.717, 1.165) is 24.5 Å². The van der Waals surface area contributed by atoms with Crippen LogP contribution in [0.25, 0.3) is 6.08 Å². The molecular weight excluding hydrogens is 369 g/mol. The molecule has 2 rings (SSSR count). The molecule has 0 atom stereocenters. The Morgan fingerprint density at radius 1 is 1.12 bits per heavy atom. The number of halogens is 3. The van der Waals surface area contributed by atoms with Crippen LogP contribution < -0.4 is 4.74 Å². The second kappa shape index (κ2) is 7.33. The zero-order chi connectivity index (χ0) is 19.5. The van der Waals surface area contributed by atoms with E-state index in [1.807, 2.05) is 0 Å². The van der Waals surface area contributed by atoms with Crippen molar-refractivity contribution in [2.24, 2.45) is 0 Å². The largest absolute Gasteiger partial charge is 0.495 e. The second-order valence-corrected chi connectivity index (χ2v) is 7.44. The standard InChI is InChI=1S/C18H15F3O4S/c1-25-16-11-13(7-9-17(16)26(2,23)24)15(22)8-6-12-4-3-5-14(10-12)18(19,20)21/h3-11H,1-2H3/b8-6+. The third kappa shape index (κ3) is 4.72. The van der Waals surface area contributed by atoms with Gasteiger partial charge in [-0.25, -0.2) is 8.42 Å².